The lowest BCUT2D eigenvalue weighted by molar-refractivity contribution is 0.112. The number of hydrogen-bond acceptors (Lipinski definition) is 2. The molecule has 0 aliphatic carbocycles. The first-order valence-corrected chi connectivity index (χ1v) is 5.38. The molecule has 0 radical (unpaired) electrons. The van der Waals surface area contributed by atoms with Gasteiger partial charge in [-0.3, -0.25) is 4.79 Å². The van der Waals surface area contributed by atoms with E-state index in [0.717, 1.165) is 16.7 Å². The predicted octanol–water partition coefficient (Wildman–Crippen LogP) is 3.29. The molecule has 1 aromatic carbocycles. The number of halogens is 1. The van der Waals surface area contributed by atoms with E-state index in [-0.39, 0.29) is 5.82 Å². The summed E-state index contributed by atoms with van der Waals surface area (Å²) in [7, 11) is 0. The van der Waals surface area contributed by atoms with Crippen molar-refractivity contribution >= 4 is 17.6 Å². The van der Waals surface area contributed by atoms with Gasteiger partial charge >= 0.3 is 0 Å². The zero-order valence-corrected chi connectivity index (χ0v) is 8.76. The Morgan fingerprint density at radius 1 is 1.27 bits per heavy atom. The van der Waals surface area contributed by atoms with Gasteiger partial charge in [-0.25, -0.2) is 4.39 Å². The molecule has 2 rings (SSSR count). The Morgan fingerprint density at radius 3 is 2.80 bits per heavy atom. The van der Waals surface area contributed by atoms with Gasteiger partial charge in [0.25, 0.3) is 0 Å². The van der Waals surface area contributed by atoms with Crippen molar-refractivity contribution in [2.45, 2.75) is 6.42 Å². The molecule has 0 N–H and O–H groups in total. The average Bonchev–Trinajstić information content (AvgIpc) is 2.65. The summed E-state index contributed by atoms with van der Waals surface area (Å²) in [4.78, 5) is 12.3. The van der Waals surface area contributed by atoms with Crippen LogP contribution in [0, 0.1) is 5.82 Å². The molecule has 2 aromatic rings. The minimum atomic E-state index is -0.223. The van der Waals surface area contributed by atoms with E-state index in [4.69, 9.17) is 0 Å². The fourth-order valence-corrected chi connectivity index (χ4v) is 2.26. The third kappa shape index (κ3) is 2.50. The van der Waals surface area contributed by atoms with Crippen LogP contribution in [0.15, 0.2) is 36.4 Å². The fourth-order valence-electron chi connectivity index (χ4n) is 1.40. The summed E-state index contributed by atoms with van der Waals surface area (Å²) in [6.07, 6.45) is 1.51. The second-order valence-corrected chi connectivity index (χ2v) is 4.43. The molecule has 0 spiro atoms. The van der Waals surface area contributed by atoms with Gasteiger partial charge in [0.2, 0.25) is 0 Å². The highest BCUT2D eigenvalue weighted by atomic mass is 32.1. The van der Waals surface area contributed by atoms with Crippen LogP contribution < -0.4 is 0 Å². The molecule has 0 saturated carbocycles. The Bertz CT molecular complexity index is 476. The molecule has 0 aliphatic rings. The second-order valence-electron chi connectivity index (χ2n) is 3.23. The summed E-state index contributed by atoms with van der Waals surface area (Å²) in [5.74, 6) is -0.223. The van der Waals surface area contributed by atoms with Gasteiger partial charge in [0.1, 0.15) is 5.82 Å². The van der Waals surface area contributed by atoms with E-state index in [1.165, 1.54) is 23.5 Å². The first-order chi connectivity index (χ1) is 7.28. The van der Waals surface area contributed by atoms with Gasteiger partial charge in [0, 0.05) is 11.3 Å². The molecule has 15 heavy (non-hydrogen) atoms. The lowest BCUT2D eigenvalue weighted by Gasteiger charge is -1.97. The topological polar surface area (TPSA) is 17.1 Å². The van der Waals surface area contributed by atoms with E-state index in [9.17, 15) is 9.18 Å². The molecule has 0 atom stereocenters. The molecule has 0 bridgehead atoms. The average molecular weight is 220 g/mol. The number of rotatable bonds is 3. The monoisotopic (exact) mass is 220 g/mol. The number of benzene rings is 1. The molecular formula is C12H9FOS. The largest absolute Gasteiger partial charge is 0.297 e. The maximum absolute atomic E-state index is 12.9. The van der Waals surface area contributed by atoms with Crippen LogP contribution in [0.4, 0.5) is 4.39 Å². The Labute approximate surface area is 91.2 Å². The summed E-state index contributed by atoms with van der Waals surface area (Å²) in [6, 6.07) is 10.2. The molecule has 0 aliphatic heterocycles. The summed E-state index contributed by atoms with van der Waals surface area (Å²) in [5, 5.41) is 0. The molecule has 3 heteroatoms. The maximum atomic E-state index is 12.9. The summed E-state index contributed by atoms with van der Waals surface area (Å²) < 4.78 is 12.9. The predicted molar refractivity (Wildman–Crippen MR) is 58.9 cm³/mol. The minimum absolute atomic E-state index is 0.223. The SMILES string of the molecule is O=Cc1ccc(Cc2cccc(F)c2)s1. The number of carbonyl (C=O) groups excluding carboxylic acids is 1. The van der Waals surface area contributed by atoms with Crippen LogP contribution in [0.2, 0.25) is 0 Å². The second kappa shape index (κ2) is 4.36. The highest BCUT2D eigenvalue weighted by Gasteiger charge is 2.01. The minimum Gasteiger partial charge on any atom is -0.297 e. The van der Waals surface area contributed by atoms with Gasteiger partial charge in [-0.05, 0) is 29.8 Å². The van der Waals surface area contributed by atoms with Gasteiger partial charge in [0.05, 0.1) is 4.88 Å². The van der Waals surface area contributed by atoms with Gasteiger partial charge in [-0.15, -0.1) is 11.3 Å². The molecule has 76 valence electrons. The Kier molecular flexibility index (Phi) is 2.92. The van der Waals surface area contributed by atoms with Gasteiger partial charge in [-0.1, -0.05) is 12.1 Å². The van der Waals surface area contributed by atoms with E-state index < -0.39 is 0 Å². The summed E-state index contributed by atoms with van der Waals surface area (Å²) in [6.45, 7) is 0. The van der Waals surface area contributed by atoms with Crippen molar-refractivity contribution in [2.24, 2.45) is 0 Å². The number of aldehydes is 1. The van der Waals surface area contributed by atoms with E-state index in [1.54, 1.807) is 12.1 Å². The van der Waals surface area contributed by atoms with E-state index in [2.05, 4.69) is 0 Å². The van der Waals surface area contributed by atoms with Crippen molar-refractivity contribution in [2.75, 3.05) is 0 Å². The van der Waals surface area contributed by atoms with Crippen LogP contribution in [0.1, 0.15) is 20.1 Å². The van der Waals surface area contributed by atoms with E-state index >= 15 is 0 Å². The van der Waals surface area contributed by atoms with Gasteiger partial charge < -0.3 is 0 Å². The van der Waals surface area contributed by atoms with Crippen molar-refractivity contribution < 1.29 is 9.18 Å². The van der Waals surface area contributed by atoms with Crippen molar-refractivity contribution in [3.63, 3.8) is 0 Å². The highest BCUT2D eigenvalue weighted by Crippen LogP contribution is 2.18. The number of carbonyl (C=O) groups is 1. The van der Waals surface area contributed by atoms with Crippen LogP contribution in [0.3, 0.4) is 0 Å². The first kappa shape index (κ1) is 10.1. The van der Waals surface area contributed by atoms with Crippen LogP contribution in [0.25, 0.3) is 0 Å². The molecule has 0 fully saturated rings. The van der Waals surface area contributed by atoms with Crippen molar-refractivity contribution in [3.05, 3.63) is 57.5 Å². The molecule has 1 nitrogen and oxygen atoms in total. The Morgan fingerprint density at radius 2 is 2.13 bits per heavy atom. The molecule has 0 saturated heterocycles. The summed E-state index contributed by atoms with van der Waals surface area (Å²) in [5.41, 5.74) is 0.925. The Hall–Kier alpha value is -1.48. The maximum Gasteiger partial charge on any atom is 0.160 e. The fraction of sp³-hybridized carbons (Fsp3) is 0.0833. The first-order valence-electron chi connectivity index (χ1n) is 4.56. The molecule has 1 aromatic heterocycles. The smallest absolute Gasteiger partial charge is 0.160 e. The molecule has 0 amide bonds. The van der Waals surface area contributed by atoms with Crippen molar-refractivity contribution in [3.8, 4) is 0 Å². The third-order valence-corrected chi connectivity index (χ3v) is 3.08. The zero-order chi connectivity index (χ0) is 10.7. The third-order valence-electron chi connectivity index (χ3n) is 2.07. The molecular weight excluding hydrogens is 211 g/mol. The van der Waals surface area contributed by atoms with Gasteiger partial charge in [0.15, 0.2) is 6.29 Å². The van der Waals surface area contributed by atoms with E-state index in [0.29, 0.717) is 11.3 Å². The van der Waals surface area contributed by atoms with Crippen LogP contribution in [-0.2, 0) is 6.42 Å². The quantitative estimate of drug-likeness (QED) is 0.725. The van der Waals surface area contributed by atoms with Crippen LogP contribution in [-0.4, -0.2) is 6.29 Å². The molecule has 1 heterocycles. The van der Waals surface area contributed by atoms with Crippen LogP contribution in [0.5, 0.6) is 0 Å². The highest BCUT2D eigenvalue weighted by molar-refractivity contribution is 7.13. The van der Waals surface area contributed by atoms with Gasteiger partial charge in [-0.2, -0.15) is 0 Å². The molecule has 0 unspecified atom stereocenters. The van der Waals surface area contributed by atoms with E-state index in [1.807, 2.05) is 12.1 Å². The van der Waals surface area contributed by atoms with Crippen molar-refractivity contribution in [1.82, 2.24) is 0 Å². The van der Waals surface area contributed by atoms with Crippen LogP contribution >= 0.6 is 11.3 Å². The van der Waals surface area contributed by atoms with Crippen molar-refractivity contribution in [1.29, 1.82) is 0 Å². The lowest BCUT2D eigenvalue weighted by atomic mass is 10.1. The summed E-state index contributed by atoms with van der Waals surface area (Å²) >= 11 is 1.44. The number of thiophene rings is 1. The lowest BCUT2D eigenvalue weighted by Crippen LogP contribution is -1.85. The Balaban J connectivity index is 2.18. The number of hydrogen-bond donors (Lipinski definition) is 0. The standard InChI is InChI=1S/C12H9FOS/c13-10-3-1-2-9(6-10)7-11-4-5-12(8-14)15-11/h1-6,8H,7H2. The zero-order valence-electron chi connectivity index (χ0n) is 7.94. The normalized spacial score (nSPS) is 10.2.